The summed E-state index contributed by atoms with van der Waals surface area (Å²) in [5.74, 6) is 0. The number of anilines is 3. The number of para-hydroxylation sites is 2. The number of benzene rings is 7. The van der Waals surface area contributed by atoms with Gasteiger partial charge in [0.05, 0.1) is 11.2 Å². The van der Waals surface area contributed by atoms with Crippen LogP contribution >= 0.6 is 22.7 Å². The highest BCUT2D eigenvalue weighted by atomic mass is 32.1. The van der Waals surface area contributed by atoms with Gasteiger partial charge in [0.2, 0.25) is 0 Å². The molecule has 3 aromatic heterocycles. The van der Waals surface area contributed by atoms with Crippen molar-refractivity contribution in [2.45, 2.75) is 0 Å². The highest BCUT2D eigenvalue weighted by Gasteiger charge is 2.18. The third-order valence-corrected chi connectivity index (χ3v) is 11.6. The van der Waals surface area contributed by atoms with Crippen LogP contribution in [0.2, 0.25) is 0 Å². The molecule has 0 aliphatic heterocycles. The largest absolute Gasteiger partial charge is 0.310 e. The monoisotopic (exact) mass is 634 g/mol. The molecule has 0 saturated heterocycles. The van der Waals surface area contributed by atoms with Gasteiger partial charge in [0, 0.05) is 79.1 Å². The van der Waals surface area contributed by atoms with Crippen molar-refractivity contribution in [1.29, 1.82) is 0 Å². The van der Waals surface area contributed by atoms with E-state index in [9.17, 15) is 0 Å². The maximum absolute atomic E-state index is 5.27. The van der Waals surface area contributed by atoms with Crippen LogP contribution < -0.4 is 4.90 Å². The lowest BCUT2D eigenvalue weighted by Crippen LogP contribution is -2.09. The summed E-state index contributed by atoms with van der Waals surface area (Å²) in [5.41, 5.74) is 6.52. The first kappa shape index (κ1) is 26.6. The van der Waals surface area contributed by atoms with Crippen LogP contribution in [0.4, 0.5) is 17.1 Å². The van der Waals surface area contributed by atoms with Crippen molar-refractivity contribution < 1.29 is 0 Å². The van der Waals surface area contributed by atoms with Gasteiger partial charge in [0.25, 0.3) is 0 Å². The van der Waals surface area contributed by atoms with E-state index in [1.165, 1.54) is 56.5 Å². The van der Waals surface area contributed by atoms with Crippen molar-refractivity contribution in [3.63, 3.8) is 0 Å². The Balaban J connectivity index is 1.14. The molecular weight excluding hydrogens is 609 g/mol. The molecule has 10 rings (SSSR count). The molecule has 0 amide bonds. The van der Waals surface area contributed by atoms with Gasteiger partial charge in [-0.05, 0) is 54.6 Å². The highest BCUT2D eigenvalue weighted by molar-refractivity contribution is 7.27. The van der Waals surface area contributed by atoms with Crippen molar-refractivity contribution in [2.24, 2.45) is 0 Å². The zero-order valence-corrected chi connectivity index (χ0v) is 26.9. The Kier molecular flexibility index (Phi) is 5.95. The zero-order valence-electron chi connectivity index (χ0n) is 25.2. The molecule has 0 fully saturated rings. The van der Waals surface area contributed by atoms with E-state index in [0.717, 1.165) is 33.8 Å². The average molecular weight is 635 g/mol. The third-order valence-electron chi connectivity index (χ3n) is 9.24. The Morgan fingerprint density at radius 3 is 1.79 bits per heavy atom. The minimum Gasteiger partial charge on any atom is -0.310 e. The second-order valence-corrected chi connectivity index (χ2v) is 14.1. The number of hydrogen-bond acceptors (Lipinski definition) is 4. The van der Waals surface area contributed by atoms with E-state index in [0.29, 0.717) is 0 Å². The van der Waals surface area contributed by atoms with Crippen LogP contribution in [-0.4, -0.2) is 4.98 Å². The summed E-state index contributed by atoms with van der Waals surface area (Å²) in [7, 11) is 0. The van der Waals surface area contributed by atoms with E-state index in [1.54, 1.807) is 0 Å². The highest BCUT2D eigenvalue weighted by Crippen LogP contribution is 2.44. The fourth-order valence-electron chi connectivity index (χ4n) is 7.08. The number of fused-ring (bicyclic) bond motifs is 10. The number of pyridine rings is 1. The number of nitrogens with zero attached hydrogens (tertiary/aromatic N) is 2. The van der Waals surface area contributed by atoms with Gasteiger partial charge in [-0.1, -0.05) is 103 Å². The lowest BCUT2D eigenvalue weighted by atomic mass is 9.98. The fraction of sp³-hybridized carbons (Fsp3) is 0. The Labute approximate surface area is 279 Å². The second-order valence-electron chi connectivity index (χ2n) is 11.9. The Morgan fingerprint density at radius 1 is 0.404 bits per heavy atom. The van der Waals surface area contributed by atoms with E-state index in [4.69, 9.17) is 4.98 Å². The Bertz CT molecular complexity index is 2790. The minimum absolute atomic E-state index is 1.02. The summed E-state index contributed by atoms with van der Waals surface area (Å²) in [6, 6.07) is 56.9. The first-order valence-corrected chi connectivity index (χ1v) is 17.4. The number of aromatic nitrogens is 1. The number of thiophene rings is 2. The summed E-state index contributed by atoms with van der Waals surface area (Å²) in [4.78, 5) is 7.62. The molecule has 0 atom stereocenters. The zero-order chi connectivity index (χ0) is 30.9. The lowest BCUT2D eigenvalue weighted by molar-refractivity contribution is 1.29. The van der Waals surface area contributed by atoms with Gasteiger partial charge < -0.3 is 4.90 Å². The molecule has 3 heterocycles. The predicted octanol–water partition coefficient (Wildman–Crippen LogP) is 13.3. The van der Waals surface area contributed by atoms with Crippen molar-refractivity contribution in [3.8, 4) is 11.3 Å². The molecule has 0 aliphatic carbocycles. The quantitative estimate of drug-likeness (QED) is 0.179. The smallest absolute Gasteiger partial charge is 0.0788 e. The molecule has 2 nitrogen and oxygen atoms in total. The Morgan fingerprint density at radius 2 is 0.979 bits per heavy atom. The van der Waals surface area contributed by atoms with E-state index < -0.39 is 0 Å². The van der Waals surface area contributed by atoms with Gasteiger partial charge in [0.15, 0.2) is 0 Å². The molecule has 0 bridgehead atoms. The van der Waals surface area contributed by atoms with E-state index in [-0.39, 0.29) is 0 Å². The molecule has 0 spiro atoms. The van der Waals surface area contributed by atoms with Gasteiger partial charge in [-0.2, -0.15) is 0 Å². The third kappa shape index (κ3) is 4.19. The van der Waals surface area contributed by atoms with E-state index in [2.05, 4.69) is 163 Å². The molecule has 7 aromatic carbocycles. The van der Waals surface area contributed by atoms with Crippen molar-refractivity contribution in [2.75, 3.05) is 4.90 Å². The molecular formula is C43H26N2S2. The summed E-state index contributed by atoms with van der Waals surface area (Å²) >= 11 is 3.73. The first-order valence-electron chi connectivity index (χ1n) is 15.8. The maximum atomic E-state index is 5.27. The van der Waals surface area contributed by atoms with Crippen molar-refractivity contribution >= 4 is 102 Å². The van der Waals surface area contributed by atoms with Gasteiger partial charge in [0.1, 0.15) is 0 Å². The predicted molar refractivity (Wildman–Crippen MR) is 205 cm³/mol. The standard InChI is InChI=1S/C43H26N2S2/c1-2-10-28(11-3-1)45(30-22-23-33-31-12-5-8-16-38(31)46-40(33)26-30)29-20-18-27(19-21-29)42-36-25-24-34-32-13-6-9-17-39(32)47-43(34)41(36)35-14-4-7-15-37(35)44-42/h1-26H. The number of hydrogen-bond donors (Lipinski definition) is 0. The molecule has 0 N–H and O–H groups in total. The maximum Gasteiger partial charge on any atom is 0.0788 e. The van der Waals surface area contributed by atoms with E-state index in [1.807, 2.05) is 22.7 Å². The van der Waals surface area contributed by atoms with Crippen molar-refractivity contribution in [1.82, 2.24) is 4.98 Å². The van der Waals surface area contributed by atoms with Crippen LogP contribution in [0.25, 0.3) is 73.3 Å². The van der Waals surface area contributed by atoms with Gasteiger partial charge in [-0.25, -0.2) is 4.98 Å². The van der Waals surface area contributed by atoms with Gasteiger partial charge in [-0.3, -0.25) is 0 Å². The summed E-state index contributed by atoms with van der Waals surface area (Å²) < 4.78 is 5.25. The van der Waals surface area contributed by atoms with Gasteiger partial charge >= 0.3 is 0 Å². The normalized spacial score (nSPS) is 11.8. The molecule has 0 saturated carbocycles. The molecule has 0 aliphatic rings. The summed E-state index contributed by atoms with van der Waals surface area (Å²) in [6.45, 7) is 0. The fourth-order valence-corrected chi connectivity index (χ4v) is 9.49. The minimum atomic E-state index is 1.02. The van der Waals surface area contributed by atoms with Crippen molar-refractivity contribution in [3.05, 3.63) is 158 Å². The first-order chi connectivity index (χ1) is 23.3. The average Bonchev–Trinajstić information content (AvgIpc) is 3.70. The molecule has 0 unspecified atom stereocenters. The molecule has 0 radical (unpaired) electrons. The molecule has 220 valence electrons. The van der Waals surface area contributed by atoms with Crippen LogP contribution in [0, 0.1) is 0 Å². The lowest BCUT2D eigenvalue weighted by Gasteiger charge is -2.25. The molecule has 4 heteroatoms. The molecule has 10 aromatic rings. The SMILES string of the molecule is c1ccc(N(c2ccc(-c3nc4ccccc4c4c3ccc3c5ccccc5sc34)cc2)c2ccc3c(c2)sc2ccccc23)cc1. The molecule has 47 heavy (non-hydrogen) atoms. The van der Waals surface area contributed by atoms with Crippen LogP contribution in [0.15, 0.2) is 158 Å². The Hall–Kier alpha value is -5.55. The second kappa shape index (κ2) is 10.5. The van der Waals surface area contributed by atoms with Crippen LogP contribution in [-0.2, 0) is 0 Å². The van der Waals surface area contributed by atoms with Crippen LogP contribution in [0.3, 0.4) is 0 Å². The van der Waals surface area contributed by atoms with Gasteiger partial charge in [-0.15, -0.1) is 22.7 Å². The summed E-state index contributed by atoms with van der Waals surface area (Å²) in [6.07, 6.45) is 0. The topological polar surface area (TPSA) is 16.1 Å². The summed E-state index contributed by atoms with van der Waals surface area (Å²) in [5, 5.41) is 8.92. The van der Waals surface area contributed by atoms with Crippen LogP contribution in [0.5, 0.6) is 0 Å². The van der Waals surface area contributed by atoms with E-state index >= 15 is 0 Å². The number of rotatable bonds is 4. The van der Waals surface area contributed by atoms with Crippen LogP contribution in [0.1, 0.15) is 0 Å².